The van der Waals surface area contributed by atoms with Crippen molar-refractivity contribution < 1.29 is 0 Å². The summed E-state index contributed by atoms with van der Waals surface area (Å²) < 4.78 is 0. The zero-order valence-corrected chi connectivity index (χ0v) is 10.8. The summed E-state index contributed by atoms with van der Waals surface area (Å²) in [6.07, 6.45) is 9.12. The minimum Gasteiger partial charge on any atom is -0.0991 e. The molecule has 0 spiro atoms. The molecule has 88 valence electrons. The van der Waals surface area contributed by atoms with Gasteiger partial charge in [0.2, 0.25) is 0 Å². The van der Waals surface area contributed by atoms with E-state index in [9.17, 15) is 0 Å². The highest BCUT2D eigenvalue weighted by atomic mass is 14.0. The Morgan fingerprint density at radius 1 is 1.00 bits per heavy atom. The topological polar surface area (TPSA) is 0 Å². The molecule has 17 heavy (non-hydrogen) atoms. The Hall–Kier alpha value is -2.00. The summed E-state index contributed by atoms with van der Waals surface area (Å²) in [6.45, 7) is 19.4. The van der Waals surface area contributed by atoms with Gasteiger partial charge in [-0.15, -0.1) is 0 Å². The molecule has 0 saturated carbocycles. The van der Waals surface area contributed by atoms with Gasteiger partial charge in [0.15, 0.2) is 0 Å². The molecule has 0 atom stereocenters. The molecule has 0 aromatic rings. The third-order valence-corrected chi connectivity index (χ3v) is 1.85. The van der Waals surface area contributed by atoms with Gasteiger partial charge in [-0.2, -0.15) is 0 Å². The van der Waals surface area contributed by atoms with Crippen LogP contribution in [0, 0.1) is 17.8 Å². The molecule has 0 nitrogen and oxygen atoms in total. The van der Waals surface area contributed by atoms with Crippen LogP contribution in [0.3, 0.4) is 0 Å². The van der Waals surface area contributed by atoms with E-state index < -0.39 is 0 Å². The largest absolute Gasteiger partial charge is 0.0991 e. The summed E-state index contributed by atoms with van der Waals surface area (Å²) in [6, 6.07) is 0. The number of allylic oxidation sites excluding steroid dienone is 8. The van der Waals surface area contributed by atoms with E-state index in [1.54, 1.807) is 6.08 Å². The maximum Gasteiger partial charge on any atom is 0.0173 e. The predicted molar refractivity (Wildman–Crippen MR) is 78.5 cm³/mol. The predicted octanol–water partition coefficient (Wildman–Crippen LogP) is 4.61. The van der Waals surface area contributed by atoms with Crippen molar-refractivity contribution in [2.75, 3.05) is 0 Å². The molecule has 0 radical (unpaired) electrons. The molecule has 0 aliphatic rings. The van der Waals surface area contributed by atoms with E-state index in [0.29, 0.717) is 5.92 Å². The Balaban J connectivity index is 4.45. The third-order valence-electron chi connectivity index (χ3n) is 1.85. The first-order chi connectivity index (χ1) is 7.97. The monoisotopic (exact) mass is 224 g/mol. The van der Waals surface area contributed by atoms with E-state index in [-0.39, 0.29) is 0 Å². The zero-order chi connectivity index (χ0) is 13.3. The first-order valence-corrected chi connectivity index (χ1v) is 5.53. The highest BCUT2D eigenvalue weighted by Crippen LogP contribution is 2.09. The molecule has 0 heteroatoms. The zero-order valence-electron chi connectivity index (χ0n) is 10.8. The van der Waals surface area contributed by atoms with Crippen molar-refractivity contribution in [3.63, 3.8) is 0 Å². The van der Waals surface area contributed by atoms with Crippen LogP contribution in [-0.4, -0.2) is 0 Å². The fourth-order valence-corrected chi connectivity index (χ4v) is 0.878. The summed E-state index contributed by atoms with van der Waals surface area (Å²) in [4.78, 5) is 0. The molecule has 0 saturated heterocycles. The lowest BCUT2D eigenvalue weighted by atomic mass is 10.1. The lowest BCUT2D eigenvalue weighted by molar-refractivity contribution is 0.866. The van der Waals surface area contributed by atoms with Crippen molar-refractivity contribution in [1.82, 2.24) is 0 Å². The van der Waals surface area contributed by atoms with E-state index in [1.165, 1.54) is 0 Å². The Bertz CT molecular complexity index is 428. The van der Waals surface area contributed by atoms with Gasteiger partial charge in [0, 0.05) is 11.5 Å². The molecule has 0 amide bonds. The number of hydrogen-bond acceptors (Lipinski definition) is 0. The molecule has 0 heterocycles. The van der Waals surface area contributed by atoms with Gasteiger partial charge in [0.1, 0.15) is 0 Å². The van der Waals surface area contributed by atoms with Crippen molar-refractivity contribution in [2.45, 2.75) is 13.8 Å². The third kappa shape index (κ3) is 7.88. The fraction of sp³-hybridized carbons (Fsp3) is 0.176. The van der Waals surface area contributed by atoms with Gasteiger partial charge in [-0.25, -0.2) is 0 Å². The van der Waals surface area contributed by atoms with Crippen molar-refractivity contribution in [3.8, 4) is 11.8 Å². The van der Waals surface area contributed by atoms with Crippen LogP contribution >= 0.6 is 0 Å². The van der Waals surface area contributed by atoms with Crippen LogP contribution in [0.25, 0.3) is 0 Å². The smallest absolute Gasteiger partial charge is 0.0173 e. The van der Waals surface area contributed by atoms with Crippen molar-refractivity contribution in [2.24, 2.45) is 5.92 Å². The van der Waals surface area contributed by atoms with E-state index in [0.717, 1.165) is 16.7 Å². The van der Waals surface area contributed by atoms with Crippen LogP contribution in [0.5, 0.6) is 0 Å². The van der Waals surface area contributed by atoms with Crippen LogP contribution in [0.15, 0.2) is 73.4 Å². The van der Waals surface area contributed by atoms with Crippen molar-refractivity contribution in [3.05, 3.63) is 73.4 Å². The average molecular weight is 224 g/mol. The second kappa shape index (κ2) is 8.19. The van der Waals surface area contributed by atoms with Gasteiger partial charge in [-0.3, -0.25) is 0 Å². The maximum absolute atomic E-state index is 3.91. The molecular weight excluding hydrogens is 204 g/mol. The van der Waals surface area contributed by atoms with E-state index in [2.05, 4.69) is 38.2 Å². The van der Waals surface area contributed by atoms with E-state index in [1.807, 2.05) is 38.2 Å². The minimum absolute atomic E-state index is 0.355. The normalized spacial score (nSPS) is 10.3. The molecular formula is C17H20. The van der Waals surface area contributed by atoms with E-state index >= 15 is 0 Å². The van der Waals surface area contributed by atoms with Crippen LogP contribution < -0.4 is 0 Å². The number of rotatable bonds is 5. The molecule has 0 fully saturated rings. The molecule has 0 aromatic carbocycles. The second-order valence-corrected chi connectivity index (χ2v) is 3.93. The molecule has 0 aliphatic carbocycles. The lowest BCUT2D eigenvalue weighted by Gasteiger charge is -1.97. The summed E-state index contributed by atoms with van der Waals surface area (Å²) in [5.41, 5.74) is 2.47. The average Bonchev–Trinajstić information content (AvgIpc) is 2.30. The lowest BCUT2D eigenvalue weighted by Crippen LogP contribution is -1.80. The molecule has 0 rings (SSSR count). The number of hydrogen-bond donors (Lipinski definition) is 0. The Morgan fingerprint density at radius 3 is 2.12 bits per heavy atom. The molecule has 0 unspecified atom stereocenters. The van der Waals surface area contributed by atoms with Gasteiger partial charge in [0.25, 0.3) is 0 Å². The summed E-state index contributed by atoms with van der Waals surface area (Å²) in [7, 11) is 0. The van der Waals surface area contributed by atoms with Gasteiger partial charge in [0.05, 0.1) is 0 Å². The summed E-state index contributed by atoms with van der Waals surface area (Å²) in [5.74, 6) is 6.39. The highest BCUT2D eigenvalue weighted by molar-refractivity contribution is 5.47. The van der Waals surface area contributed by atoms with Crippen LogP contribution in [-0.2, 0) is 0 Å². The van der Waals surface area contributed by atoms with E-state index in [4.69, 9.17) is 0 Å². The van der Waals surface area contributed by atoms with Crippen LogP contribution in [0.2, 0.25) is 0 Å². The highest BCUT2D eigenvalue weighted by Gasteiger charge is 1.90. The Kier molecular flexibility index (Phi) is 7.22. The van der Waals surface area contributed by atoms with Gasteiger partial charge in [-0.05, 0) is 17.2 Å². The SMILES string of the molecule is C=C/C=C\C(=C)C(=C)/C=C\C(=C)C#CC(C)C. The fourth-order valence-electron chi connectivity index (χ4n) is 0.878. The van der Waals surface area contributed by atoms with Crippen LogP contribution in [0.4, 0.5) is 0 Å². The van der Waals surface area contributed by atoms with Crippen molar-refractivity contribution >= 4 is 0 Å². The summed E-state index contributed by atoms with van der Waals surface area (Å²) in [5, 5.41) is 0. The summed E-state index contributed by atoms with van der Waals surface area (Å²) >= 11 is 0. The van der Waals surface area contributed by atoms with Crippen LogP contribution in [0.1, 0.15) is 13.8 Å². The molecule has 0 aliphatic heterocycles. The van der Waals surface area contributed by atoms with Gasteiger partial charge < -0.3 is 0 Å². The Labute approximate surface area is 105 Å². The Morgan fingerprint density at radius 2 is 1.59 bits per heavy atom. The second-order valence-electron chi connectivity index (χ2n) is 3.93. The molecule has 0 bridgehead atoms. The minimum atomic E-state index is 0.355. The quantitative estimate of drug-likeness (QED) is 0.472. The van der Waals surface area contributed by atoms with Crippen molar-refractivity contribution in [1.29, 1.82) is 0 Å². The molecule has 0 aromatic heterocycles. The first kappa shape index (κ1) is 15.0. The maximum atomic E-state index is 3.91. The van der Waals surface area contributed by atoms with Gasteiger partial charge in [-0.1, -0.05) is 76.3 Å². The molecule has 0 N–H and O–H groups in total. The first-order valence-electron chi connectivity index (χ1n) is 5.53. The van der Waals surface area contributed by atoms with Gasteiger partial charge >= 0.3 is 0 Å². The standard InChI is InChI=1S/C17H20/c1-7-8-9-16(5)17(6)13-12-15(4)11-10-14(2)3/h7-9,12-14H,1,4-6H2,2-3H3/b9-8-,13-12-.